The molecule has 114 valence electrons. The van der Waals surface area contributed by atoms with Gasteiger partial charge in [0.05, 0.1) is 11.4 Å². The van der Waals surface area contributed by atoms with Crippen LogP contribution in [0.4, 0.5) is 5.69 Å². The maximum atomic E-state index is 11.3. The van der Waals surface area contributed by atoms with E-state index in [1.165, 1.54) is 0 Å². The molecule has 0 atom stereocenters. The molecule has 0 radical (unpaired) electrons. The summed E-state index contributed by atoms with van der Waals surface area (Å²) in [4.78, 5) is 22.6. The number of hydrogen-bond acceptors (Lipinski definition) is 6. The average Bonchev–Trinajstić information content (AvgIpc) is 2.46. The Balaban J connectivity index is 2.44. The van der Waals surface area contributed by atoms with Crippen molar-refractivity contribution in [1.29, 1.82) is 0 Å². The van der Waals surface area contributed by atoms with Gasteiger partial charge >= 0.3 is 11.9 Å². The van der Waals surface area contributed by atoms with Crippen molar-refractivity contribution in [2.45, 2.75) is 5.79 Å². The van der Waals surface area contributed by atoms with E-state index in [0.29, 0.717) is 17.8 Å². The highest BCUT2D eigenvalue weighted by atomic mass is 16.5. The van der Waals surface area contributed by atoms with Gasteiger partial charge in [-0.05, 0) is 30.4 Å². The summed E-state index contributed by atoms with van der Waals surface area (Å²) >= 11 is 0. The zero-order valence-electron chi connectivity index (χ0n) is 11.1. The Kier molecular flexibility index (Phi) is 3.89. The van der Waals surface area contributed by atoms with Crippen molar-refractivity contribution in [2.24, 2.45) is 15.6 Å². The van der Waals surface area contributed by atoms with Crippen LogP contribution in [0.1, 0.15) is 0 Å². The van der Waals surface area contributed by atoms with E-state index < -0.39 is 23.1 Å². The first-order valence-electron chi connectivity index (χ1n) is 6.10. The van der Waals surface area contributed by atoms with Crippen molar-refractivity contribution in [3.63, 3.8) is 0 Å². The van der Waals surface area contributed by atoms with Crippen molar-refractivity contribution in [2.75, 3.05) is 0 Å². The fourth-order valence-electron chi connectivity index (χ4n) is 1.91. The number of aliphatic carboxylic acids is 2. The molecule has 1 aromatic carbocycles. The number of rotatable bonds is 4. The third-order valence-electron chi connectivity index (χ3n) is 3.14. The van der Waals surface area contributed by atoms with Crippen LogP contribution in [0.3, 0.4) is 0 Å². The van der Waals surface area contributed by atoms with E-state index in [4.69, 9.17) is 10.2 Å². The van der Waals surface area contributed by atoms with E-state index in [0.717, 1.165) is 6.08 Å². The van der Waals surface area contributed by atoms with Gasteiger partial charge in [0, 0.05) is 0 Å². The minimum atomic E-state index is -3.09. The average molecular weight is 304 g/mol. The Morgan fingerprint density at radius 2 is 1.55 bits per heavy atom. The van der Waals surface area contributed by atoms with Gasteiger partial charge in [-0.15, -0.1) is 0 Å². The highest BCUT2D eigenvalue weighted by Gasteiger charge is 2.61. The van der Waals surface area contributed by atoms with Crippen molar-refractivity contribution >= 4 is 17.6 Å². The molecule has 2 rings (SSSR count). The molecule has 0 bridgehead atoms. The molecular formula is C14H12N2O6. The van der Waals surface area contributed by atoms with Crippen LogP contribution in [-0.4, -0.2) is 38.2 Å². The first-order valence-corrected chi connectivity index (χ1v) is 6.10. The molecule has 8 heteroatoms. The van der Waals surface area contributed by atoms with E-state index in [1.54, 1.807) is 30.3 Å². The number of nitrogens with zero attached hydrogens (tertiary/aromatic N) is 2. The van der Waals surface area contributed by atoms with Crippen LogP contribution in [-0.2, 0) is 9.59 Å². The van der Waals surface area contributed by atoms with Crippen LogP contribution >= 0.6 is 0 Å². The molecule has 0 fully saturated rings. The molecule has 0 amide bonds. The number of azo groups is 1. The molecule has 1 aromatic rings. The lowest BCUT2D eigenvalue weighted by Crippen LogP contribution is -2.57. The van der Waals surface area contributed by atoms with Crippen LogP contribution in [0.25, 0.3) is 0 Å². The Morgan fingerprint density at radius 1 is 0.955 bits per heavy atom. The predicted octanol–water partition coefficient (Wildman–Crippen LogP) is 1.06. The van der Waals surface area contributed by atoms with Gasteiger partial charge in [0.2, 0.25) is 11.2 Å². The fourth-order valence-corrected chi connectivity index (χ4v) is 1.91. The molecule has 0 saturated heterocycles. The van der Waals surface area contributed by atoms with Crippen LogP contribution < -0.4 is 0 Å². The summed E-state index contributed by atoms with van der Waals surface area (Å²) in [6, 6.07) is 8.47. The number of carbonyl (C=O) groups is 2. The van der Waals surface area contributed by atoms with Crippen molar-refractivity contribution in [3.8, 4) is 0 Å². The van der Waals surface area contributed by atoms with E-state index in [-0.39, 0.29) is 5.70 Å². The van der Waals surface area contributed by atoms with Gasteiger partial charge in [-0.3, -0.25) is 9.59 Å². The SMILES string of the molecule is O=C(O)C1(C(=O)O)C=C(N=Nc2ccccc2)C=CC1(O)O. The summed E-state index contributed by atoms with van der Waals surface area (Å²) in [7, 11) is 0. The number of benzene rings is 1. The first kappa shape index (κ1) is 15.5. The van der Waals surface area contributed by atoms with Gasteiger partial charge in [0.15, 0.2) is 0 Å². The first-order chi connectivity index (χ1) is 10.3. The molecule has 4 N–H and O–H groups in total. The lowest BCUT2D eigenvalue weighted by atomic mass is 9.75. The normalized spacial score (nSPS) is 18.9. The van der Waals surface area contributed by atoms with Crippen LogP contribution in [0.15, 0.2) is 64.5 Å². The molecular weight excluding hydrogens is 292 g/mol. The van der Waals surface area contributed by atoms with E-state index in [9.17, 15) is 19.8 Å². The molecule has 22 heavy (non-hydrogen) atoms. The van der Waals surface area contributed by atoms with E-state index in [1.807, 2.05) is 0 Å². The Morgan fingerprint density at radius 3 is 2.09 bits per heavy atom. The minimum absolute atomic E-state index is 0.118. The second kappa shape index (κ2) is 5.51. The second-order valence-electron chi connectivity index (χ2n) is 4.58. The highest BCUT2D eigenvalue weighted by molar-refractivity contribution is 6.02. The summed E-state index contributed by atoms with van der Waals surface area (Å²) in [6.07, 6.45) is 2.37. The third kappa shape index (κ3) is 2.52. The van der Waals surface area contributed by atoms with E-state index in [2.05, 4.69) is 10.2 Å². The largest absolute Gasteiger partial charge is 0.480 e. The van der Waals surface area contributed by atoms with Gasteiger partial charge in [-0.25, -0.2) is 0 Å². The second-order valence-corrected chi connectivity index (χ2v) is 4.58. The van der Waals surface area contributed by atoms with Crippen LogP contribution in [0.5, 0.6) is 0 Å². The molecule has 0 unspecified atom stereocenters. The Hall–Kier alpha value is -2.84. The number of aliphatic hydroxyl groups is 2. The number of carboxylic acids is 2. The van der Waals surface area contributed by atoms with Gasteiger partial charge < -0.3 is 20.4 Å². The number of allylic oxidation sites excluding steroid dienone is 1. The van der Waals surface area contributed by atoms with Gasteiger partial charge in [-0.2, -0.15) is 10.2 Å². The minimum Gasteiger partial charge on any atom is -0.480 e. The fraction of sp³-hybridized carbons (Fsp3) is 0.143. The van der Waals surface area contributed by atoms with Crippen molar-refractivity contribution < 1.29 is 30.0 Å². The highest BCUT2D eigenvalue weighted by Crippen LogP contribution is 2.38. The molecule has 0 spiro atoms. The van der Waals surface area contributed by atoms with Crippen LogP contribution in [0, 0.1) is 5.41 Å². The number of carboxylic acid groups (broad SMARTS) is 2. The monoisotopic (exact) mass is 304 g/mol. The van der Waals surface area contributed by atoms with E-state index >= 15 is 0 Å². The maximum absolute atomic E-state index is 11.3. The third-order valence-corrected chi connectivity index (χ3v) is 3.14. The zero-order valence-corrected chi connectivity index (χ0v) is 11.1. The molecule has 0 saturated carbocycles. The van der Waals surface area contributed by atoms with Crippen molar-refractivity contribution in [1.82, 2.24) is 0 Å². The lowest BCUT2D eigenvalue weighted by molar-refractivity contribution is -0.214. The number of hydrogen-bond donors (Lipinski definition) is 4. The zero-order chi connectivity index (χ0) is 16.4. The molecule has 1 aliphatic carbocycles. The quantitative estimate of drug-likeness (QED) is 0.372. The standard InChI is InChI=1S/C14H12N2O6/c17-11(18)13(12(19)20)8-10(6-7-14(13,21)22)16-15-9-4-2-1-3-5-9/h1-8,21-22H,(H,17,18)(H,19,20). The summed E-state index contributed by atoms with van der Waals surface area (Å²) < 4.78 is 0. The van der Waals surface area contributed by atoms with Crippen LogP contribution in [0.2, 0.25) is 0 Å². The molecule has 0 aliphatic heterocycles. The molecule has 1 aliphatic rings. The molecule has 0 heterocycles. The lowest BCUT2D eigenvalue weighted by Gasteiger charge is -2.34. The molecule has 8 nitrogen and oxygen atoms in total. The Labute approximate surface area is 124 Å². The summed E-state index contributed by atoms with van der Waals surface area (Å²) in [5.41, 5.74) is -2.61. The topological polar surface area (TPSA) is 140 Å². The van der Waals surface area contributed by atoms with Gasteiger partial charge in [0.1, 0.15) is 0 Å². The Bertz CT molecular complexity index is 677. The summed E-state index contributed by atoms with van der Waals surface area (Å²) in [5.74, 6) is -6.94. The van der Waals surface area contributed by atoms with Gasteiger partial charge in [-0.1, -0.05) is 18.2 Å². The molecule has 0 aromatic heterocycles. The summed E-state index contributed by atoms with van der Waals surface area (Å²) in [5, 5.41) is 45.3. The van der Waals surface area contributed by atoms with Gasteiger partial charge in [0.25, 0.3) is 0 Å². The summed E-state index contributed by atoms with van der Waals surface area (Å²) in [6.45, 7) is 0. The van der Waals surface area contributed by atoms with Crippen molar-refractivity contribution in [3.05, 3.63) is 54.3 Å². The smallest absolute Gasteiger partial charge is 0.331 e. The maximum Gasteiger partial charge on any atom is 0.331 e. The predicted molar refractivity (Wildman–Crippen MR) is 73.1 cm³/mol.